The molecule has 0 saturated carbocycles. The lowest BCUT2D eigenvalue weighted by Gasteiger charge is -2.20. The third kappa shape index (κ3) is 4.21. The molecule has 0 radical (unpaired) electrons. The first kappa shape index (κ1) is 20.9. The summed E-state index contributed by atoms with van der Waals surface area (Å²) in [6, 6.07) is 19.5. The Balaban J connectivity index is 1.41. The molecule has 0 aliphatic rings. The molecule has 0 unspecified atom stereocenters. The van der Waals surface area contributed by atoms with E-state index in [1.54, 1.807) is 12.1 Å². The lowest BCUT2D eigenvalue weighted by molar-refractivity contribution is 0.256. The highest BCUT2D eigenvalue weighted by molar-refractivity contribution is 7.22. The van der Waals surface area contributed by atoms with Gasteiger partial charge in [0.2, 0.25) is 0 Å². The molecule has 164 valence electrons. The number of nitrogens with zero attached hydrogens (tertiary/aromatic N) is 3. The molecule has 0 aliphatic heterocycles. The van der Waals surface area contributed by atoms with E-state index in [4.69, 9.17) is 5.73 Å². The minimum absolute atomic E-state index is 0.436. The van der Waals surface area contributed by atoms with Crippen LogP contribution < -0.4 is 21.3 Å². The van der Waals surface area contributed by atoms with Gasteiger partial charge in [0.05, 0.1) is 26.1 Å². The van der Waals surface area contributed by atoms with E-state index >= 15 is 0 Å². The summed E-state index contributed by atoms with van der Waals surface area (Å²) in [6.45, 7) is 1.86. The zero-order chi connectivity index (χ0) is 22.9. The molecule has 5 rings (SSSR count). The number of aromatic nitrogens is 2. The van der Waals surface area contributed by atoms with Crippen LogP contribution in [0, 0.1) is 6.92 Å². The van der Waals surface area contributed by atoms with Gasteiger partial charge >= 0.3 is 12.1 Å². The van der Waals surface area contributed by atoms with Gasteiger partial charge in [0, 0.05) is 5.69 Å². The average Bonchev–Trinajstić information content (AvgIpc) is 3.38. The number of urea groups is 2. The van der Waals surface area contributed by atoms with Crippen molar-refractivity contribution in [2.24, 2.45) is 5.73 Å². The molecule has 8 nitrogen and oxygen atoms in total. The van der Waals surface area contributed by atoms with Crippen molar-refractivity contribution in [1.82, 2.24) is 9.97 Å². The summed E-state index contributed by atoms with van der Waals surface area (Å²) in [4.78, 5) is 35.3. The molecule has 2 aromatic heterocycles. The van der Waals surface area contributed by atoms with Crippen LogP contribution >= 0.6 is 22.7 Å². The zero-order valence-electron chi connectivity index (χ0n) is 17.4. The highest BCUT2D eigenvalue weighted by atomic mass is 32.1. The number of fused-ring (bicyclic) bond motifs is 2. The predicted octanol–water partition coefficient (Wildman–Crippen LogP) is 6.08. The van der Waals surface area contributed by atoms with Crippen LogP contribution in [0.5, 0.6) is 0 Å². The molecule has 0 atom stereocenters. The summed E-state index contributed by atoms with van der Waals surface area (Å²) in [5, 5.41) is 6.51. The summed E-state index contributed by atoms with van der Waals surface area (Å²) >= 11 is 2.76. The Morgan fingerprint density at radius 1 is 0.879 bits per heavy atom. The number of hydrogen-bond acceptors (Lipinski definition) is 6. The normalized spacial score (nSPS) is 10.9. The number of primary amides is 1. The highest BCUT2D eigenvalue weighted by Crippen LogP contribution is 2.36. The van der Waals surface area contributed by atoms with Crippen molar-refractivity contribution >= 4 is 76.8 Å². The fourth-order valence-corrected chi connectivity index (χ4v) is 5.23. The number of hydrogen-bond donors (Lipinski definition) is 3. The zero-order valence-corrected chi connectivity index (χ0v) is 19.0. The maximum atomic E-state index is 12.6. The number of para-hydroxylation sites is 2. The maximum absolute atomic E-state index is 12.6. The minimum Gasteiger partial charge on any atom is -0.351 e. The summed E-state index contributed by atoms with van der Waals surface area (Å²) in [5.74, 6) is 0. The first-order valence-corrected chi connectivity index (χ1v) is 11.6. The number of carbonyl (C=O) groups excluding carboxylic acids is 2. The van der Waals surface area contributed by atoms with Crippen molar-refractivity contribution in [2.45, 2.75) is 6.92 Å². The molecule has 0 bridgehead atoms. The van der Waals surface area contributed by atoms with Crippen LogP contribution in [0.3, 0.4) is 0 Å². The Morgan fingerprint density at radius 2 is 1.55 bits per heavy atom. The number of benzene rings is 3. The van der Waals surface area contributed by atoms with Gasteiger partial charge in [-0.1, -0.05) is 53.0 Å². The topological polar surface area (TPSA) is 113 Å². The summed E-state index contributed by atoms with van der Waals surface area (Å²) < 4.78 is 1.93. The smallest absolute Gasteiger partial charge is 0.325 e. The molecule has 5 aromatic rings. The van der Waals surface area contributed by atoms with Crippen molar-refractivity contribution in [3.63, 3.8) is 0 Å². The molecule has 0 aliphatic carbocycles. The van der Waals surface area contributed by atoms with Crippen molar-refractivity contribution in [3.8, 4) is 0 Å². The molecular formula is C23H18N6O2S2. The quantitative estimate of drug-likeness (QED) is 0.293. The Morgan fingerprint density at radius 3 is 2.21 bits per heavy atom. The van der Waals surface area contributed by atoms with E-state index in [0.29, 0.717) is 21.6 Å². The largest absolute Gasteiger partial charge is 0.351 e. The van der Waals surface area contributed by atoms with Crippen LogP contribution in [0.4, 0.5) is 31.2 Å². The first-order chi connectivity index (χ1) is 16.0. The second-order valence-corrected chi connectivity index (χ2v) is 9.24. The molecule has 4 amide bonds. The summed E-state index contributed by atoms with van der Waals surface area (Å²) in [5.41, 5.74) is 9.19. The summed E-state index contributed by atoms with van der Waals surface area (Å²) in [6.07, 6.45) is 0. The van der Waals surface area contributed by atoms with Gasteiger partial charge < -0.3 is 11.1 Å². The van der Waals surface area contributed by atoms with E-state index in [1.165, 1.54) is 27.6 Å². The number of carbonyl (C=O) groups is 2. The second kappa shape index (κ2) is 8.49. The van der Waals surface area contributed by atoms with E-state index in [1.807, 2.05) is 61.5 Å². The van der Waals surface area contributed by atoms with Crippen molar-refractivity contribution < 1.29 is 9.59 Å². The molecule has 2 heterocycles. The molecule has 0 fully saturated rings. The number of amides is 4. The van der Waals surface area contributed by atoms with Gasteiger partial charge in [-0.2, -0.15) is 0 Å². The third-order valence-corrected chi connectivity index (χ3v) is 6.89. The molecular weight excluding hydrogens is 456 g/mol. The van der Waals surface area contributed by atoms with E-state index in [2.05, 4.69) is 20.6 Å². The van der Waals surface area contributed by atoms with E-state index in [0.717, 1.165) is 26.0 Å². The van der Waals surface area contributed by atoms with Crippen LogP contribution in [-0.4, -0.2) is 22.0 Å². The maximum Gasteiger partial charge on any atom is 0.325 e. The van der Waals surface area contributed by atoms with Gasteiger partial charge in [0.15, 0.2) is 10.3 Å². The number of rotatable bonds is 4. The molecule has 0 spiro atoms. The van der Waals surface area contributed by atoms with Crippen molar-refractivity contribution in [1.29, 1.82) is 0 Å². The molecule has 33 heavy (non-hydrogen) atoms. The highest BCUT2D eigenvalue weighted by Gasteiger charge is 2.22. The number of aryl methyl sites for hydroxylation is 1. The Hall–Kier alpha value is -4.02. The Labute approximate surface area is 196 Å². The predicted molar refractivity (Wildman–Crippen MR) is 135 cm³/mol. The standard InChI is InChI=1S/C23H18N6O2S2/c1-13-10-11-14(25-21(31)28-22-26-15-6-2-4-8-18(15)32-22)12-17(13)29(20(24)30)23-27-16-7-3-5-9-19(16)33-23/h2-12H,1H3,(H2,24,30)(H2,25,26,28,31). The Kier molecular flexibility index (Phi) is 5.37. The number of nitrogens with two attached hydrogens (primary N) is 1. The minimum atomic E-state index is -0.659. The van der Waals surface area contributed by atoms with Gasteiger partial charge in [0.1, 0.15) is 0 Å². The monoisotopic (exact) mass is 474 g/mol. The van der Waals surface area contributed by atoms with Crippen LogP contribution in [0.25, 0.3) is 20.4 Å². The van der Waals surface area contributed by atoms with Gasteiger partial charge in [0.25, 0.3) is 0 Å². The number of thiazole rings is 2. The third-order valence-electron chi connectivity index (χ3n) is 4.92. The Bertz CT molecular complexity index is 1440. The summed E-state index contributed by atoms with van der Waals surface area (Å²) in [7, 11) is 0. The van der Waals surface area contributed by atoms with Gasteiger partial charge in [-0.05, 0) is 48.9 Å². The first-order valence-electron chi connectivity index (χ1n) is 9.97. The van der Waals surface area contributed by atoms with Crippen LogP contribution in [0.1, 0.15) is 5.56 Å². The molecule has 10 heteroatoms. The van der Waals surface area contributed by atoms with Gasteiger partial charge in [-0.3, -0.25) is 5.32 Å². The molecule has 3 aromatic carbocycles. The molecule has 4 N–H and O–H groups in total. The van der Waals surface area contributed by atoms with Gasteiger partial charge in [-0.25, -0.2) is 24.5 Å². The van der Waals surface area contributed by atoms with Crippen LogP contribution in [0.2, 0.25) is 0 Å². The number of nitrogens with one attached hydrogen (secondary N) is 2. The second-order valence-electron chi connectivity index (χ2n) is 7.20. The van der Waals surface area contributed by atoms with E-state index < -0.39 is 12.1 Å². The van der Waals surface area contributed by atoms with E-state index in [9.17, 15) is 9.59 Å². The van der Waals surface area contributed by atoms with Crippen LogP contribution in [0.15, 0.2) is 66.7 Å². The lowest BCUT2D eigenvalue weighted by atomic mass is 10.1. The van der Waals surface area contributed by atoms with E-state index in [-0.39, 0.29) is 0 Å². The van der Waals surface area contributed by atoms with Gasteiger partial charge in [-0.15, -0.1) is 0 Å². The van der Waals surface area contributed by atoms with Crippen molar-refractivity contribution in [3.05, 3.63) is 72.3 Å². The molecule has 0 saturated heterocycles. The fraction of sp³-hybridized carbons (Fsp3) is 0.0435. The lowest BCUT2D eigenvalue weighted by Crippen LogP contribution is -2.32. The fourth-order valence-electron chi connectivity index (χ4n) is 3.38. The number of anilines is 4. The SMILES string of the molecule is Cc1ccc(NC(=O)Nc2nc3ccccc3s2)cc1N(C(N)=O)c1nc2ccccc2s1. The van der Waals surface area contributed by atoms with Crippen molar-refractivity contribution in [2.75, 3.05) is 15.5 Å². The van der Waals surface area contributed by atoms with Crippen LogP contribution in [-0.2, 0) is 0 Å². The average molecular weight is 475 g/mol.